The van der Waals surface area contributed by atoms with E-state index in [1.54, 1.807) is 49.1 Å². The SMILES string of the molecule is C/C=C(NC(=O)c1cccc(N2CCCC2=O)c1)\C(=C/C)C(=O)NC1CCNCC1. The van der Waals surface area contributed by atoms with Crippen molar-refractivity contribution in [3.05, 3.63) is 53.3 Å². The maximum absolute atomic E-state index is 12.9. The lowest BCUT2D eigenvalue weighted by Gasteiger charge is -2.24. The Bertz CT molecular complexity index is 869. The third-order valence-corrected chi connectivity index (χ3v) is 5.53. The molecular formula is C23H30N4O3. The fourth-order valence-corrected chi connectivity index (χ4v) is 3.86. The van der Waals surface area contributed by atoms with Gasteiger partial charge in [-0.3, -0.25) is 14.4 Å². The van der Waals surface area contributed by atoms with Crippen LogP contribution in [0.1, 0.15) is 49.9 Å². The number of carbonyl (C=O) groups excluding carboxylic acids is 3. The van der Waals surface area contributed by atoms with Gasteiger partial charge in [0.15, 0.2) is 0 Å². The van der Waals surface area contributed by atoms with Gasteiger partial charge in [-0.05, 0) is 64.4 Å². The molecule has 0 spiro atoms. The Kier molecular flexibility index (Phi) is 7.41. The number of benzene rings is 1. The minimum absolute atomic E-state index is 0.0764. The zero-order valence-corrected chi connectivity index (χ0v) is 17.7. The van der Waals surface area contributed by atoms with Crippen LogP contribution in [0.3, 0.4) is 0 Å². The fraction of sp³-hybridized carbons (Fsp3) is 0.435. The van der Waals surface area contributed by atoms with E-state index in [0.29, 0.717) is 29.8 Å². The molecule has 2 saturated heterocycles. The summed E-state index contributed by atoms with van der Waals surface area (Å²) in [6, 6.07) is 7.16. The smallest absolute Gasteiger partial charge is 0.255 e. The lowest BCUT2D eigenvalue weighted by atomic mass is 10.0. The zero-order valence-electron chi connectivity index (χ0n) is 17.7. The molecule has 3 rings (SSSR count). The largest absolute Gasteiger partial charge is 0.349 e. The number of amides is 3. The zero-order chi connectivity index (χ0) is 21.5. The molecule has 2 fully saturated rings. The summed E-state index contributed by atoms with van der Waals surface area (Å²) >= 11 is 0. The number of rotatable bonds is 6. The van der Waals surface area contributed by atoms with E-state index in [1.807, 2.05) is 6.07 Å². The molecule has 3 amide bonds. The van der Waals surface area contributed by atoms with E-state index in [4.69, 9.17) is 0 Å². The quantitative estimate of drug-likeness (QED) is 0.496. The Morgan fingerprint density at radius 3 is 2.57 bits per heavy atom. The van der Waals surface area contributed by atoms with E-state index >= 15 is 0 Å². The molecule has 30 heavy (non-hydrogen) atoms. The molecule has 0 radical (unpaired) electrons. The molecule has 1 aromatic rings. The van der Waals surface area contributed by atoms with Crippen molar-refractivity contribution >= 4 is 23.4 Å². The van der Waals surface area contributed by atoms with Gasteiger partial charge in [0.2, 0.25) is 5.91 Å². The molecule has 0 aromatic heterocycles. The average molecular weight is 411 g/mol. The number of hydrogen-bond acceptors (Lipinski definition) is 4. The third kappa shape index (κ3) is 5.16. The first-order valence-electron chi connectivity index (χ1n) is 10.6. The third-order valence-electron chi connectivity index (χ3n) is 5.53. The van der Waals surface area contributed by atoms with Crippen molar-refractivity contribution in [2.75, 3.05) is 24.5 Å². The molecule has 2 aliphatic rings. The van der Waals surface area contributed by atoms with Crippen LogP contribution in [0.15, 0.2) is 47.7 Å². The summed E-state index contributed by atoms with van der Waals surface area (Å²) in [5.41, 5.74) is 2.08. The van der Waals surface area contributed by atoms with E-state index in [-0.39, 0.29) is 23.8 Å². The predicted octanol–water partition coefficient (Wildman–Crippen LogP) is 2.26. The maximum Gasteiger partial charge on any atom is 0.255 e. The molecule has 0 atom stereocenters. The highest BCUT2D eigenvalue weighted by Gasteiger charge is 2.23. The molecule has 1 aromatic carbocycles. The highest BCUT2D eigenvalue weighted by molar-refractivity contribution is 6.03. The summed E-state index contributed by atoms with van der Waals surface area (Å²) in [7, 11) is 0. The van der Waals surface area contributed by atoms with Gasteiger partial charge in [-0.2, -0.15) is 0 Å². The van der Waals surface area contributed by atoms with Crippen LogP contribution in [0.4, 0.5) is 5.69 Å². The number of hydrogen-bond donors (Lipinski definition) is 3. The second kappa shape index (κ2) is 10.2. The van der Waals surface area contributed by atoms with Crippen molar-refractivity contribution < 1.29 is 14.4 Å². The summed E-state index contributed by atoms with van der Waals surface area (Å²) in [5, 5.41) is 9.20. The molecular weight excluding hydrogens is 380 g/mol. The standard InChI is InChI=1S/C23H30N4O3/c1-3-19(23(30)25-17-10-12-24-13-11-17)20(4-2)26-22(29)16-7-5-8-18(15-16)27-14-6-9-21(27)28/h3-5,7-8,15,17,24H,6,9-14H2,1-2H3,(H,25,30)(H,26,29)/b19-3+,20-4+. The van der Waals surface area contributed by atoms with Crippen molar-refractivity contribution in [2.24, 2.45) is 0 Å². The first kappa shape index (κ1) is 21.8. The summed E-state index contributed by atoms with van der Waals surface area (Å²) in [6.45, 7) is 6.02. The molecule has 0 aliphatic carbocycles. The lowest BCUT2D eigenvalue weighted by molar-refractivity contribution is -0.118. The van der Waals surface area contributed by atoms with Crippen LogP contribution in [0, 0.1) is 0 Å². The molecule has 160 valence electrons. The Hall–Kier alpha value is -2.93. The predicted molar refractivity (Wildman–Crippen MR) is 117 cm³/mol. The first-order valence-corrected chi connectivity index (χ1v) is 10.6. The Balaban J connectivity index is 1.69. The van der Waals surface area contributed by atoms with Crippen molar-refractivity contribution in [3.63, 3.8) is 0 Å². The number of carbonyl (C=O) groups is 3. The minimum Gasteiger partial charge on any atom is -0.349 e. The van der Waals surface area contributed by atoms with E-state index in [1.165, 1.54) is 0 Å². The molecule has 0 saturated carbocycles. The Morgan fingerprint density at radius 1 is 1.17 bits per heavy atom. The topological polar surface area (TPSA) is 90.5 Å². The van der Waals surface area contributed by atoms with Gasteiger partial charge in [0.05, 0.1) is 5.57 Å². The van der Waals surface area contributed by atoms with Crippen molar-refractivity contribution in [2.45, 2.75) is 45.6 Å². The average Bonchev–Trinajstić information content (AvgIpc) is 3.20. The van der Waals surface area contributed by atoms with Gasteiger partial charge < -0.3 is 20.9 Å². The van der Waals surface area contributed by atoms with Crippen LogP contribution in [0.5, 0.6) is 0 Å². The molecule has 2 heterocycles. The van der Waals surface area contributed by atoms with E-state index in [9.17, 15) is 14.4 Å². The lowest BCUT2D eigenvalue weighted by Crippen LogP contribution is -2.44. The molecule has 7 nitrogen and oxygen atoms in total. The van der Waals surface area contributed by atoms with Gasteiger partial charge in [0, 0.05) is 36.0 Å². The second-order valence-corrected chi connectivity index (χ2v) is 7.56. The van der Waals surface area contributed by atoms with Crippen LogP contribution < -0.4 is 20.9 Å². The van der Waals surface area contributed by atoms with Crippen LogP contribution in [-0.4, -0.2) is 43.4 Å². The number of piperidine rings is 1. The molecule has 3 N–H and O–H groups in total. The maximum atomic E-state index is 12.9. The number of nitrogens with zero attached hydrogens (tertiary/aromatic N) is 1. The van der Waals surface area contributed by atoms with Crippen LogP contribution in [-0.2, 0) is 9.59 Å². The Morgan fingerprint density at radius 2 is 1.93 bits per heavy atom. The minimum atomic E-state index is -0.314. The summed E-state index contributed by atoms with van der Waals surface area (Å²) in [4.78, 5) is 39.4. The summed E-state index contributed by atoms with van der Waals surface area (Å²) in [5.74, 6) is -0.424. The normalized spacial score (nSPS) is 18.5. The molecule has 0 bridgehead atoms. The molecule has 7 heteroatoms. The van der Waals surface area contributed by atoms with E-state index in [2.05, 4.69) is 16.0 Å². The summed E-state index contributed by atoms with van der Waals surface area (Å²) < 4.78 is 0. The van der Waals surface area contributed by atoms with Gasteiger partial charge >= 0.3 is 0 Å². The fourth-order valence-electron chi connectivity index (χ4n) is 3.86. The van der Waals surface area contributed by atoms with Crippen molar-refractivity contribution in [3.8, 4) is 0 Å². The van der Waals surface area contributed by atoms with Gasteiger partial charge in [-0.1, -0.05) is 18.2 Å². The first-order chi connectivity index (χ1) is 14.5. The van der Waals surface area contributed by atoms with Gasteiger partial charge in [-0.15, -0.1) is 0 Å². The van der Waals surface area contributed by atoms with Crippen LogP contribution >= 0.6 is 0 Å². The van der Waals surface area contributed by atoms with Crippen molar-refractivity contribution in [1.82, 2.24) is 16.0 Å². The van der Waals surface area contributed by atoms with E-state index < -0.39 is 0 Å². The number of anilines is 1. The highest BCUT2D eigenvalue weighted by atomic mass is 16.2. The highest BCUT2D eigenvalue weighted by Crippen LogP contribution is 2.22. The second-order valence-electron chi connectivity index (χ2n) is 7.56. The summed E-state index contributed by atoms with van der Waals surface area (Å²) in [6.07, 6.45) is 6.59. The van der Waals surface area contributed by atoms with Gasteiger partial charge in [0.1, 0.15) is 0 Å². The molecule has 0 unspecified atom stereocenters. The van der Waals surface area contributed by atoms with Crippen LogP contribution in [0.2, 0.25) is 0 Å². The van der Waals surface area contributed by atoms with Gasteiger partial charge in [0.25, 0.3) is 11.8 Å². The number of allylic oxidation sites excluding steroid dienone is 2. The van der Waals surface area contributed by atoms with Crippen LogP contribution in [0.25, 0.3) is 0 Å². The Labute approximate surface area is 177 Å². The van der Waals surface area contributed by atoms with Crippen molar-refractivity contribution in [1.29, 1.82) is 0 Å². The number of nitrogens with one attached hydrogen (secondary N) is 3. The monoisotopic (exact) mass is 410 g/mol. The van der Waals surface area contributed by atoms with Gasteiger partial charge in [-0.25, -0.2) is 0 Å². The molecule has 2 aliphatic heterocycles. The van der Waals surface area contributed by atoms with E-state index in [0.717, 1.165) is 38.0 Å².